The summed E-state index contributed by atoms with van der Waals surface area (Å²) in [5.41, 5.74) is 0. The van der Waals surface area contributed by atoms with Crippen LogP contribution >= 0.6 is 12.4 Å². The van der Waals surface area contributed by atoms with Gasteiger partial charge in [-0.15, -0.1) is 12.4 Å². The van der Waals surface area contributed by atoms with E-state index >= 15 is 0 Å². The molecule has 1 saturated carbocycles. The highest BCUT2D eigenvalue weighted by Gasteiger charge is 2.23. The van der Waals surface area contributed by atoms with Crippen LogP contribution in [-0.2, 0) is 4.79 Å². The highest BCUT2D eigenvalue weighted by molar-refractivity contribution is 5.85. The maximum Gasteiger partial charge on any atom is 0.236 e. The zero-order valence-electron chi connectivity index (χ0n) is 10.8. The molecule has 0 radical (unpaired) electrons. The van der Waals surface area contributed by atoms with Crippen molar-refractivity contribution < 1.29 is 4.79 Å². The molecule has 3 nitrogen and oxygen atoms in total. The third kappa shape index (κ3) is 4.84. The Labute approximate surface area is 111 Å². The molecular formula is C13H25ClN2O. The summed E-state index contributed by atoms with van der Waals surface area (Å²) in [6, 6.07) is 0. The molecule has 4 heteroatoms. The van der Waals surface area contributed by atoms with Crippen LogP contribution in [0.2, 0.25) is 0 Å². The number of likely N-dealkylation sites (tertiary alicyclic amines) is 1. The van der Waals surface area contributed by atoms with Gasteiger partial charge in [0.15, 0.2) is 0 Å². The van der Waals surface area contributed by atoms with Gasteiger partial charge in [0.1, 0.15) is 0 Å². The molecule has 1 amide bonds. The SMILES string of the molecule is CCC1CCN(C(=O)CNCC2CC2)CC1.Cl. The van der Waals surface area contributed by atoms with Gasteiger partial charge in [-0.05, 0) is 44.1 Å². The second kappa shape index (κ2) is 7.22. The van der Waals surface area contributed by atoms with Crippen molar-refractivity contribution in [3.63, 3.8) is 0 Å². The Bertz CT molecular complexity index is 236. The third-order valence-corrected chi connectivity index (χ3v) is 3.95. The van der Waals surface area contributed by atoms with E-state index in [0.717, 1.165) is 31.5 Å². The van der Waals surface area contributed by atoms with Crippen LogP contribution in [0.5, 0.6) is 0 Å². The average Bonchev–Trinajstić information content (AvgIpc) is 3.13. The van der Waals surface area contributed by atoms with Crippen molar-refractivity contribution in [2.24, 2.45) is 11.8 Å². The number of hydrogen-bond acceptors (Lipinski definition) is 2. The number of halogens is 1. The molecule has 0 aromatic heterocycles. The molecule has 0 spiro atoms. The molecule has 2 rings (SSSR count). The van der Waals surface area contributed by atoms with Crippen molar-refractivity contribution >= 4 is 18.3 Å². The maximum absolute atomic E-state index is 11.9. The Morgan fingerprint density at radius 1 is 1.18 bits per heavy atom. The molecule has 1 saturated heterocycles. The van der Waals surface area contributed by atoms with E-state index in [0.29, 0.717) is 12.5 Å². The summed E-state index contributed by atoms with van der Waals surface area (Å²) in [7, 11) is 0. The molecule has 2 fully saturated rings. The molecule has 1 heterocycles. The van der Waals surface area contributed by atoms with Crippen molar-refractivity contribution in [3.8, 4) is 0 Å². The van der Waals surface area contributed by atoms with Gasteiger partial charge in [0.2, 0.25) is 5.91 Å². The van der Waals surface area contributed by atoms with E-state index in [2.05, 4.69) is 12.2 Å². The highest BCUT2D eigenvalue weighted by Crippen LogP contribution is 2.27. The summed E-state index contributed by atoms with van der Waals surface area (Å²) < 4.78 is 0. The second-order valence-electron chi connectivity index (χ2n) is 5.31. The number of nitrogens with zero attached hydrogens (tertiary/aromatic N) is 1. The number of nitrogens with one attached hydrogen (secondary N) is 1. The summed E-state index contributed by atoms with van der Waals surface area (Å²) in [6.07, 6.45) is 6.36. The molecule has 1 N–H and O–H groups in total. The third-order valence-electron chi connectivity index (χ3n) is 3.95. The van der Waals surface area contributed by atoms with Crippen molar-refractivity contribution in [2.75, 3.05) is 26.2 Å². The first kappa shape index (κ1) is 14.8. The van der Waals surface area contributed by atoms with Crippen molar-refractivity contribution in [1.82, 2.24) is 10.2 Å². The zero-order valence-corrected chi connectivity index (χ0v) is 11.6. The summed E-state index contributed by atoms with van der Waals surface area (Å²) in [6.45, 7) is 5.79. The van der Waals surface area contributed by atoms with Gasteiger partial charge in [0, 0.05) is 13.1 Å². The fraction of sp³-hybridized carbons (Fsp3) is 0.923. The van der Waals surface area contributed by atoms with Crippen LogP contribution in [0.15, 0.2) is 0 Å². The number of piperidine rings is 1. The lowest BCUT2D eigenvalue weighted by Crippen LogP contribution is -2.43. The topological polar surface area (TPSA) is 32.3 Å². The minimum atomic E-state index is 0. The van der Waals surface area contributed by atoms with Gasteiger partial charge in [0.05, 0.1) is 6.54 Å². The van der Waals surface area contributed by atoms with Crippen molar-refractivity contribution in [1.29, 1.82) is 0 Å². The van der Waals surface area contributed by atoms with Gasteiger partial charge in [0.25, 0.3) is 0 Å². The number of carbonyl (C=O) groups is 1. The molecule has 0 aromatic rings. The lowest BCUT2D eigenvalue weighted by atomic mass is 9.94. The van der Waals surface area contributed by atoms with Crippen LogP contribution in [0.3, 0.4) is 0 Å². The highest BCUT2D eigenvalue weighted by atomic mass is 35.5. The largest absolute Gasteiger partial charge is 0.342 e. The van der Waals surface area contributed by atoms with Crippen molar-refractivity contribution in [3.05, 3.63) is 0 Å². The first-order valence-electron chi connectivity index (χ1n) is 6.78. The first-order chi connectivity index (χ1) is 7.79. The fourth-order valence-corrected chi connectivity index (χ4v) is 2.41. The number of carbonyl (C=O) groups excluding carboxylic acids is 1. The lowest BCUT2D eigenvalue weighted by Gasteiger charge is -2.31. The Kier molecular flexibility index (Phi) is 6.28. The smallest absolute Gasteiger partial charge is 0.236 e. The van der Waals surface area contributed by atoms with Gasteiger partial charge in [-0.2, -0.15) is 0 Å². The molecule has 1 aliphatic carbocycles. The monoisotopic (exact) mass is 260 g/mol. The summed E-state index contributed by atoms with van der Waals surface area (Å²) in [5, 5.41) is 3.28. The Morgan fingerprint density at radius 2 is 1.82 bits per heavy atom. The molecule has 0 bridgehead atoms. The minimum Gasteiger partial charge on any atom is -0.342 e. The van der Waals surface area contributed by atoms with Crippen LogP contribution < -0.4 is 5.32 Å². The average molecular weight is 261 g/mol. The quantitative estimate of drug-likeness (QED) is 0.821. The molecule has 100 valence electrons. The maximum atomic E-state index is 11.9. The summed E-state index contributed by atoms with van der Waals surface area (Å²) in [5.74, 6) is 2.01. The Hall–Kier alpha value is -0.280. The zero-order chi connectivity index (χ0) is 11.4. The van der Waals surface area contributed by atoms with Crippen LogP contribution in [0.4, 0.5) is 0 Å². The van der Waals surface area contributed by atoms with Gasteiger partial charge >= 0.3 is 0 Å². The van der Waals surface area contributed by atoms with Gasteiger partial charge in [-0.25, -0.2) is 0 Å². The van der Waals surface area contributed by atoms with E-state index in [-0.39, 0.29) is 12.4 Å². The lowest BCUT2D eigenvalue weighted by molar-refractivity contribution is -0.131. The molecule has 0 atom stereocenters. The van der Waals surface area contributed by atoms with E-state index in [1.807, 2.05) is 4.90 Å². The van der Waals surface area contributed by atoms with Crippen LogP contribution in [0.25, 0.3) is 0 Å². The summed E-state index contributed by atoms with van der Waals surface area (Å²) >= 11 is 0. The van der Waals surface area contributed by atoms with E-state index in [1.54, 1.807) is 0 Å². The van der Waals surface area contributed by atoms with Crippen LogP contribution in [-0.4, -0.2) is 37.0 Å². The normalized spacial score (nSPS) is 21.1. The first-order valence-corrected chi connectivity index (χ1v) is 6.78. The van der Waals surface area contributed by atoms with Crippen molar-refractivity contribution in [2.45, 2.75) is 39.0 Å². The standard InChI is InChI=1S/C13H24N2O.ClH/c1-2-11-5-7-15(8-6-11)13(16)10-14-9-12-3-4-12;/h11-12,14H,2-10H2,1H3;1H. The molecular weight excluding hydrogens is 236 g/mol. The van der Waals surface area contributed by atoms with E-state index < -0.39 is 0 Å². The fourth-order valence-electron chi connectivity index (χ4n) is 2.41. The number of rotatable bonds is 5. The van der Waals surface area contributed by atoms with E-state index in [1.165, 1.54) is 32.1 Å². The number of hydrogen-bond donors (Lipinski definition) is 1. The second-order valence-corrected chi connectivity index (χ2v) is 5.31. The van der Waals surface area contributed by atoms with Gasteiger partial charge in [-0.3, -0.25) is 4.79 Å². The Balaban J connectivity index is 0.00000144. The molecule has 1 aliphatic heterocycles. The molecule has 2 aliphatic rings. The predicted molar refractivity (Wildman–Crippen MR) is 72.4 cm³/mol. The van der Waals surface area contributed by atoms with Crippen LogP contribution in [0.1, 0.15) is 39.0 Å². The molecule has 0 aromatic carbocycles. The number of amides is 1. The molecule has 17 heavy (non-hydrogen) atoms. The minimum absolute atomic E-state index is 0. The van der Waals surface area contributed by atoms with E-state index in [4.69, 9.17) is 0 Å². The van der Waals surface area contributed by atoms with Gasteiger partial charge in [-0.1, -0.05) is 13.3 Å². The predicted octanol–water partition coefficient (Wildman–Crippen LogP) is 2.06. The van der Waals surface area contributed by atoms with E-state index in [9.17, 15) is 4.79 Å². The summed E-state index contributed by atoms with van der Waals surface area (Å²) in [4.78, 5) is 13.9. The Morgan fingerprint density at radius 3 is 2.35 bits per heavy atom. The van der Waals surface area contributed by atoms with Crippen LogP contribution in [0, 0.1) is 11.8 Å². The molecule has 0 unspecified atom stereocenters. The van der Waals surface area contributed by atoms with Gasteiger partial charge < -0.3 is 10.2 Å².